The average molecular weight is 234 g/mol. The molecule has 2 unspecified atom stereocenters. The maximum Gasteiger partial charge on any atom is 0.347 e. The third-order valence-electron chi connectivity index (χ3n) is 2.59. The number of hydrogen-bond acceptors (Lipinski definition) is 4. The Morgan fingerprint density at radius 1 is 1.41 bits per heavy atom. The van der Waals surface area contributed by atoms with Crippen LogP contribution in [0.1, 0.15) is 18.9 Å². The van der Waals surface area contributed by atoms with Crippen molar-refractivity contribution in [1.82, 2.24) is 0 Å². The normalized spacial score (nSPS) is 23.2. The van der Waals surface area contributed by atoms with Gasteiger partial charge < -0.3 is 9.47 Å². The molecule has 1 fully saturated rings. The molecule has 17 heavy (non-hydrogen) atoms. The second kappa shape index (κ2) is 4.99. The second-order valence-electron chi connectivity index (χ2n) is 4.12. The summed E-state index contributed by atoms with van der Waals surface area (Å²) in [5.41, 5.74) is 0.872. The number of carbonyl (C=O) groups excluding carboxylic acids is 2. The Kier molecular flexibility index (Phi) is 3.42. The first-order chi connectivity index (χ1) is 8.15. The molecule has 90 valence electrons. The van der Waals surface area contributed by atoms with Crippen molar-refractivity contribution in [3.05, 3.63) is 35.9 Å². The van der Waals surface area contributed by atoms with Crippen molar-refractivity contribution in [3.63, 3.8) is 0 Å². The number of esters is 2. The Morgan fingerprint density at radius 3 is 2.71 bits per heavy atom. The molecule has 0 aliphatic carbocycles. The van der Waals surface area contributed by atoms with Gasteiger partial charge in [0.25, 0.3) is 0 Å². The largest absolute Gasteiger partial charge is 0.460 e. The molecule has 2 rings (SSSR count). The van der Waals surface area contributed by atoms with Crippen LogP contribution in [0, 0.1) is 0 Å². The number of benzene rings is 1. The van der Waals surface area contributed by atoms with Gasteiger partial charge in [0.1, 0.15) is 6.10 Å². The van der Waals surface area contributed by atoms with Crippen molar-refractivity contribution < 1.29 is 19.1 Å². The highest BCUT2D eigenvalue weighted by molar-refractivity contribution is 5.81. The van der Waals surface area contributed by atoms with E-state index >= 15 is 0 Å². The molecule has 1 aliphatic heterocycles. The minimum absolute atomic E-state index is 0.169. The first-order valence-electron chi connectivity index (χ1n) is 5.59. The zero-order valence-corrected chi connectivity index (χ0v) is 9.59. The number of cyclic esters (lactones) is 1. The Bertz CT molecular complexity index is 413. The molecule has 0 spiro atoms. The summed E-state index contributed by atoms with van der Waals surface area (Å²) in [6.45, 7) is 1.78. The van der Waals surface area contributed by atoms with Crippen LogP contribution in [-0.2, 0) is 25.5 Å². The summed E-state index contributed by atoms with van der Waals surface area (Å²) in [6, 6.07) is 9.28. The summed E-state index contributed by atoms with van der Waals surface area (Å²) in [4.78, 5) is 22.9. The van der Waals surface area contributed by atoms with Crippen LogP contribution >= 0.6 is 0 Å². The van der Waals surface area contributed by atoms with Crippen molar-refractivity contribution in [2.24, 2.45) is 0 Å². The molecule has 0 bridgehead atoms. The van der Waals surface area contributed by atoms with Crippen LogP contribution in [-0.4, -0.2) is 24.1 Å². The molecule has 4 nitrogen and oxygen atoms in total. The van der Waals surface area contributed by atoms with Gasteiger partial charge in [0, 0.05) is 6.42 Å². The molecule has 1 aromatic carbocycles. The number of hydrogen-bond donors (Lipinski definition) is 0. The molecule has 1 aliphatic rings. The molecular weight excluding hydrogens is 220 g/mol. The van der Waals surface area contributed by atoms with Gasteiger partial charge in [0.05, 0.1) is 6.42 Å². The molecule has 4 heteroatoms. The third kappa shape index (κ3) is 3.06. The van der Waals surface area contributed by atoms with Crippen molar-refractivity contribution >= 4 is 11.9 Å². The van der Waals surface area contributed by atoms with E-state index in [1.54, 1.807) is 6.92 Å². The molecule has 2 atom stereocenters. The van der Waals surface area contributed by atoms with E-state index in [2.05, 4.69) is 0 Å². The standard InChI is InChI=1S/C13H14O4/c1-9-7-11(13(15)16-9)17-12(14)8-10-5-3-2-4-6-10/h2-6,9,11H,7-8H2,1H3. The van der Waals surface area contributed by atoms with Gasteiger partial charge in [-0.2, -0.15) is 0 Å². The van der Waals surface area contributed by atoms with Crippen LogP contribution in [0.2, 0.25) is 0 Å². The fourth-order valence-corrected chi connectivity index (χ4v) is 1.78. The summed E-state index contributed by atoms with van der Waals surface area (Å²) in [5, 5.41) is 0. The lowest BCUT2D eigenvalue weighted by atomic mass is 10.1. The molecule has 1 heterocycles. The van der Waals surface area contributed by atoms with E-state index in [1.165, 1.54) is 0 Å². The lowest BCUT2D eigenvalue weighted by molar-refractivity contribution is -0.160. The van der Waals surface area contributed by atoms with Crippen molar-refractivity contribution in [2.45, 2.75) is 32.0 Å². The van der Waals surface area contributed by atoms with Crippen molar-refractivity contribution in [2.75, 3.05) is 0 Å². The van der Waals surface area contributed by atoms with Gasteiger partial charge in [-0.15, -0.1) is 0 Å². The zero-order chi connectivity index (χ0) is 12.3. The van der Waals surface area contributed by atoms with Crippen LogP contribution in [0.3, 0.4) is 0 Å². The Morgan fingerprint density at radius 2 is 2.12 bits per heavy atom. The molecular formula is C13H14O4. The van der Waals surface area contributed by atoms with Gasteiger partial charge in [-0.05, 0) is 12.5 Å². The highest BCUT2D eigenvalue weighted by atomic mass is 16.6. The smallest absolute Gasteiger partial charge is 0.347 e. The highest BCUT2D eigenvalue weighted by Gasteiger charge is 2.34. The predicted octanol–water partition coefficient (Wildman–Crippen LogP) is 1.48. The number of ether oxygens (including phenoxy) is 2. The predicted molar refractivity (Wildman–Crippen MR) is 60.2 cm³/mol. The SMILES string of the molecule is CC1CC(OC(=O)Cc2ccccc2)C(=O)O1. The number of carbonyl (C=O) groups is 2. The Labute approximate surface area is 99.5 Å². The van der Waals surface area contributed by atoms with Gasteiger partial charge >= 0.3 is 11.9 Å². The molecule has 0 N–H and O–H groups in total. The van der Waals surface area contributed by atoms with Crippen molar-refractivity contribution in [3.8, 4) is 0 Å². The average Bonchev–Trinajstić information content (AvgIpc) is 2.58. The summed E-state index contributed by atoms with van der Waals surface area (Å²) in [7, 11) is 0. The van der Waals surface area contributed by atoms with E-state index < -0.39 is 18.0 Å². The van der Waals surface area contributed by atoms with Gasteiger partial charge in [0.2, 0.25) is 6.10 Å². The summed E-state index contributed by atoms with van der Waals surface area (Å²) in [5.74, 6) is -0.842. The molecule has 0 radical (unpaired) electrons. The summed E-state index contributed by atoms with van der Waals surface area (Å²) >= 11 is 0. The second-order valence-corrected chi connectivity index (χ2v) is 4.12. The maximum atomic E-state index is 11.6. The van der Waals surface area contributed by atoms with Crippen LogP contribution in [0.4, 0.5) is 0 Å². The fourth-order valence-electron chi connectivity index (χ4n) is 1.78. The zero-order valence-electron chi connectivity index (χ0n) is 9.59. The van der Waals surface area contributed by atoms with E-state index in [-0.39, 0.29) is 12.5 Å². The van der Waals surface area contributed by atoms with E-state index in [4.69, 9.17) is 9.47 Å². The summed E-state index contributed by atoms with van der Waals surface area (Å²) < 4.78 is 9.99. The van der Waals surface area contributed by atoms with Crippen LogP contribution in [0.25, 0.3) is 0 Å². The van der Waals surface area contributed by atoms with E-state index in [0.717, 1.165) is 5.56 Å². The van der Waals surface area contributed by atoms with Crippen LogP contribution in [0.15, 0.2) is 30.3 Å². The minimum atomic E-state index is -0.735. The lowest BCUT2D eigenvalue weighted by Gasteiger charge is -2.08. The lowest BCUT2D eigenvalue weighted by Crippen LogP contribution is -2.23. The number of rotatable bonds is 3. The molecule has 0 saturated carbocycles. The first kappa shape index (κ1) is 11.6. The monoisotopic (exact) mass is 234 g/mol. The highest BCUT2D eigenvalue weighted by Crippen LogP contribution is 2.17. The van der Waals surface area contributed by atoms with E-state index in [9.17, 15) is 9.59 Å². The van der Waals surface area contributed by atoms with Crippen molar-refractivity contribution in [1.29, 1.82) is 0 Å². The van der Waals surface area contributed by atoms with Crippen LogP contribution in [0.5, 0.6) is 0 Å². The van der Waals surface area contributed by atoms with Gasteiger partial charge in [-0.3, -0.25) is 4.79 Å². The molecule has 0 aromatic heterocycles. The molecule has 1 aromatic rings. The molecule has 1 saturated heterocycles. The Hall–Kier alpha value is -1.84. The Balaban J connectivity index is 1.88. The topological polar surface area (TPSA) is 52.6 Å². The van der Waals surface area contributed by atoms with E-state index in [0.29, 0.717) is 6.42 Å². The molecule has 0 amide bonds. The third-order valence-corrected chi connectivity index (χ3v) is 2.59. The first-order valence-corrected chi connectivity index (χ1v) is 5.59. The minimum Gasteiger partial charge on any atom is -0.460 e. The quantitative estimate of drug-likeness (QED) is 0.743. The fraction of sp³-hybridized carbons (Fsp3) is 0.385. The van der Waals surface area contributed by atoms with Gasteiger partial charge in [-0.25, -0.2) is 4.79 Å². The van der Waals surface area contributed by atoms with Gasteiger partial charge in [-0.1, -0.05) is 30.3 Å². The maximum absolute atomic E-state index is 11.6. The van der Waals surface area contributed by atoms with Crippen LogP contribution < -0.4 is 0 Å². The summed E-state index contributed by atoms with van der Waals surface area (Å²) in [6.07, 6.45) is -0.281. The van der Waals surface area contributed by atoms with Gasteiger partial charge in [0.15, 0.2) is 0 Å². The van der Waals surface area contributed by atoms with E-state index in [1.807, 2.05) is 30.3 Å².